The van der Waals surface area contributed by atoms with Gasteiger partial charge in [0.05, 0.1) is 30.0 Å². The van der Waals surface area contributed by atoms with E-state index in [0.717, 1.165) is 5.56 Å². The molecular weight excluding hydrogens is 333 g/mol. The summed E-state index contributed by atoms with van der Waals surface area (Å²) in [5.74, 6) is -0.320. The highest BCUT2D eigenvalue weighted by molar-refractivity contribution is 6.33. The van der Waals surface area contributed by atoms with Gasteiger partial charge in [0.15, 0.2) is 6.30 Å². The van der Waals surface area contributed by atoms with Crippen molar-refractivity contribution in [2.75, 3.05) is 24.3 Å². The summed E-state index contributed by atoms with van der Waals surface area (Å²) in [6.07, 6.45) is -1.23. The van der Waals surface area contributed by atoms with Crippen LogP contribution in [0, 0.1) is 0 Å². The van der Waals surface area contributed by atoms with Crippen LogP contribution in [-0.2, 0) is 4.74 Å². The van der Waals surface area contributed by atoms with E-state index < -0.39 is 6.30 Å². The fraction of sp³-hybridized carbons (Fsp3) is 0.235. The Hall–Kier alpha value is -2.15. The van der Waals surface area contributed by atoms with E-state index in [0.29, 0.717) is 28.6 Å². The molecule has 2 unspecified atom stereocenters. The maximum Gasteiger partial charge on any atom is 0.255 e. The van der Waals surface area contributed by atoms with E-state index in [1.54, 1.807) is 24.3 Å². The number of benzene rings is 2. The third-order valence-electron chi connectivity index (χ3n) is 3.77. The Bertz CT molecular complexity index is 756. The molecule has 0 bridgehead atoms. The van der Waals surface area contributed by atoms with Crippen molar-refractivity contribution in [3.05, 3.63) is 58.6 Å². The molecular formula is C17H17ClFN3O2. The van der Waals surface area contributed by atoms with Crippen LogP contribution in [0.15, 0.2) is 42.5 Å². The second-order valence-corrected chi connectivity index (χ2v) is 5.91. The Labute approximate surface area is 143 Å². The van der Waals surface area contributed by atoms with E-state index in [9.17, 15) is 9.18 Å². The van der Waals surface area contributed by atoms with Gasteiger partial charge in [-0.15, -0.1) is 0 Å². The average molecular weight is 350 g/mol. The van der Waals surface area contributed by atoms with Crippen molar-refractivity contribution in [3.8, 4) is 0 Å². The average Bonchev–Trinajstić information content (AvgIpc) is 2.58. The van der Waals surface area contributed by atoms with Gasteiger partial charge in [-0.25, -0.2) is 4.39 Å². The van der Waals surface area contributed by atoms with Gasteiger partial charge in [-0.2, -0.15) is 0 Å². The number of amides is 1. The lowest BCUT2D eigenvalue weighted by atomic mass is 10.0. The van der Waals surface area contributed by atoms with E-state index in [1.807, 2.05) is 12.1 Å². The first-order valence-electron chi connectivity index (χ1n) is 7.48. The van der Waals surface area contributed by atoms with Crippen molar-refractivity contribution in [2.24, 2.45) is 0 Å². The standard InChI is InChI=1S/C17H17ClFN3O2/c18-12-6-5-10(7-13(12)20)17(23)22-14-4-2-1-3-11(14)15-8-24-9-16(19)21-15/h1-7,15-16,21H,8-9,20H2,(H,22,23). The number of anilines is 2. The molecule has 1 amide bonds. The van der Waals surface area contributed by atoms with Gasteiger partial charge in [-0.1, -0.05) is 29.8 Å². The first-order chi connectivity index (χ1) is 11.5. The minimum absolute atomic E-state index is 0.0229. The molecule has 1 fully saturated rings. The first-order valence-corrected chi connectivity index (χ1v) is 7.85. The van der Waals surface area contributed by atoms with Gasteiger partial charge in [-0.05, 0) is 29.8 Å². The van der Waals surface area contributed by atoms with Gasteiger partial charge in [0.25, 0.3) is 5.91 Å². The van der Waals surface area contributed by atoms with Crippen LogP contribution in [0.4, 0.5) is 15.8 Å². The van der Waals surface area contributed by atoms with E-state index in [1.165, 1.54) is 6.07 Å². The summed E-state index contributed by atoms with van der Waals surface area (Å²) < 4.78 is 18.8. The van der Waals surface area contributed by atoms with Crippen molar-refractivity contribution in [2.45, 2.75) is 12.3 Å². The van der Waals surface area contributed by atoms with Gasteiger partial charge in [-0.3, -0.25) is 10.1 Å². The smallest absolute Gasteiger partial charge is 0.255 e. The molecule has 3 rings (SSSR count). The summed E-state index contributed by atoms with van der Waals surface area (Å²) in [6, 6.07) is 11.6. The quantitative estimate of drug-likeness (QED) is 0.587. The van der Waals surface area contributed by atoms with E-state index in [4.69, 9.17) is 22.1 Å². The maximum absolute atomic E-state index is 13.5. The molecule has 1 aliphatic heterocycles. The number of rotatable bonds is 3. The third kappa shape index (κ3) is 3.67. The van der Waals surface area contributed by atoms with Crippen LogP contribution in [0.25, 0.3) is 0 Å². The summed E-state index contributed by atoms with van der Waals surface area (Å²) in [6.45, 7) is 0.357. The maximum atomic E-state index is 13.5. The Morgan fingerprint density at radius 1 is 1.29 bits per heavy atom. The number of hydrogen-bond donors (Lipinski definition) is 3. The van der Waals surface area contributed by atoms with Crippen LogP contribution in [-0.4, -0.2) is 25.4 Å². The topological polar surface area (TPSA) is 76.4 Å². The second kappa shape index (κ2) is 7.17. The number of nitrogen functional groups attached to an aromatic ring is 1. The summed E-state index contributed by atoms with van der Waals surface area (Å²) in [4.78, 5) is 12.4. The van der Waals surface area contributed by atoms with Crippen molar-refractivity contribution in [1.82, 2.24) is 5.32 Å². The molecule has 7 heteroatoms. The second-order valence-electron chi connectivity index (χ2n) is 5.50. The summed E-state index contributed by atoms with van der Waals surface area (Å²) in [7, 11) is 0. The molecule has 4 N–H and O–H groups in total. The number of hydrogen-bond acceptors (Lipinski definition) is 4. The number of morpholine rings is 1. The molecule has 0 radical (unpaired) electrons. The van der Waals surface area contributed by atoms with E-state index in [-0.39, 0.29) is 18.6 Å². The van der Waals surface area contributed by atoms with Gasteiger partial charge < -0.3 is 15.8 Å². The van der Waals surface area contributed by atoms with Crippen LogP contribution in [0.1, 0.15) is 22.0 Å². The fourth-order valence-corrected chi connectivity index (χ4v) is 2.70. The van der Waals surface area contributed by atoms with Crippen LogP contribution in [0.5, 0.6) is 0 Å². The molecule has 0 aromatic heterocycles. The van der Waals surface area contributed by atoms with Crippen molar-refractivity contribution in [3.63, 3.8) is 0 Å². The first kappa shape index (κ1) is 16.7. The predicted molar refractivity (Wildman–Crippen MR) is 91.9 cm³/mol. The number of alkyl halides is 1. The van der Waals surface area contributed by atoms with Crippen molar-refractivity contribution in [1.29, 1.82) is 0 Å². The van der Waals surface area contributed by atoms with Gasteiger partial charge >= 0.3 is 0 Å². The Balaban J connectivity index is 1.82. The lowest BCUT2D eigenvalue weighted by Crippen LogP contribution is -2.41. The molecule has 1 saturated heterocycles. The molecule has 2 aromatic rings. The largest absolute Gasteiger partial charge is 0.398 e. The van der Waals surface area contributed by atoms with Crippen LogP contribution in [0.2, 0.25) is 5.02 Å². The number of carbonyl (C=O) groups excluding carboxylic acids is 1. The zero-order valence-electron chi connectivity index (χ0n) is 12.8. The zero-order valence-corrected chi connectivity index (χ0v) is 13.5. The summed E-state index contributed by atoms with van der Waals surface area (Å²) >= 11 is 5.87. The monoisotopic (exact) mass is 349 g/mol. The van der Waals surface area contributed by atoms with Gasteiger partial charge in [0.2, 0.25) is 0 Å². The van der Waals surface area contributed by atoms with Crippen molar-refractivity contribution < 1.29 is 13.9 Å². The molecule has 5 nitrogen and oxygen atoms in total. The number of nitrogens with one attached hydrogen (secondary N) is 2. The Morgan fingerprint density at radius 3 is 2.83 bits per heavy atom. The normalized spacial score (nSPS) is 20.6. The zero-order chi connectivity index (χ0) is 17.1. The summed E-state index contributed by atoms with van der Waals surface area (Å²) in [5.41, 5.74) is 7.81. The minimum Gasteiger partial charge on any atom is -0.398 e. The summed E-state index contributed by atoms with van der Waals surface area (Å²) in [5, 5.41) is 6.05. The number of nitrogens with two attached hydrogens (primary N) is 1. The molecule has 2 atom stereocenters. The lowest BCUT2D eigenvalue weighted by molar-refractivity contribution is 0.000282. The van der Waals surface area contributed by atoms with E-state index >= 15 is 0 Å². The van der Waals surface area contributed by atoms with Crippen LogP contribution >= 0.6 is 11.6 Å². The molecule has 0 saturated carbocycles. The molecule has 24 heavy (non-hydrogen) atoms. The molecule has 2 aromatic carbocycles. The number of para-hydroxylation sites is 1. The van der Waals surface area contributed by atoms with E-state index in [2.05, 4.69) is 10.6 Å². The number of halogens is 2. The Morgan fingerprint density at radius 2 is 2.08 bits per heavy atom. The SMILES string of the molecule is Nc1cc(C(=O)Nc2ccccc2C2COCC(F)N2)ccc1Cl. The number of ether oxygens (including phenoxy) is 1. The van der Waals surface area contributed by atoms with Crippen molar-refractivity contribution >= 4 is 28.9 Å². The Kier molecular flexibility index (Phi) is 4.99. The molecule has 0 aliphatic carbocycles. The third-order valence-corrected chi connectivity index (χ3v) is 4.12. The molecule has 0 spiro atoms. The highest BCUT2D eigenvalue weighted by Crippen LogP contribution is 2.27. The van der Waals surface area contributed by atoms with Gasteiger partial charge in [0.1, 0.15) is 0 Å². The molecule has 1 heterocycles. The minimum atomic E-state index is -1.23. The fourth-order valence-electron chi connectivity index (χ4n) is 2.58. The number of carbonyl (C=O) groups is 1. The highest BCUT2D eigenvalue weighted by atomic mass is 35.5. The molecule has 1 aliphatic rings. The molecule has 126 valence electrons. The van der Waals surface area contributed by atoms with Crippen LogP contribution in [0.3, 0.4) is 0 Å². The van der Waals surface area contributed by atoms with Crippen LogP contribution < -0.4 is 16.4 Å². The lowest BCUT2D eigenvalue weighted by Gasteiger charge is -2.28. The van der Waals surface area contributed by atoms with Gasteiger partial charge in [0, 0.05) is 11.3 Å². The highest BCUT2D eigenvalue weighted by Gasteiger charge is 2.24. The predicted octanol–water partition coefficient (Wildman–Crippen LogP) is 3.13.